The lowest BCUT2D eigenvalue weighted by atomic mass is 10.0. The molecule has 1 aliphatic heterocycles. The molecule has 0 radical (unpaired) electrons. The number of aromatic nitrogens is 3. The van der Waals surface area contributed by atoms with E-state index < -0.39 is 0 Å². The molecule has 1 fully saturated rings. The maximum atomic E-state index is 5.41. The Balaban J connectivity index is 0.00000104. The summed E-state index contributed by atoms with van der Waals surface area (Å²) >= 11 is 0. The molecule has 1 aliphatic rings. The normalized spacial score (nSPS) is 16.2. The topological polar surface area (TPSA) is 63.8 Å². The average molecular weight is 365 g/mol. The second kappa shape index (κ2) is 8.24. The summed E-state index contributed by atoms with van der Waals surface area (Å²) in [5.74, 6) is 1.10. The van der Waals surface area contributed by atoms with Crippen LogP contribution in [0.2, 0.25) is 0 Å². The zero-order chi connectivity index (χ0) is 14.8. The maximum Gasteiger partial charge on any atom is 0.258 e. The van der Waals surface area contributed by atoms with Crippen LogP contribution in [-0.4, -0.2) is 21.7 Å². The van der Waals surface area contributed by atoms with Gasteiger partial charge in [-0.2, -0.15) is 4.98 Å². The molecule has 0 bridgehead atoms. The van der Waals surface area contributed by atoms with Crippen molar-refractivity contribution < 1.29 is 4.52 Å². The first-order chi connectivity index (χ1) is 10.9. The molecule has 3 aromatic rings. The molecule has 7 heteroatoms. The van der Waals surface area contributed by atoms with Crippen LogP contribution in [-0.2, 0) is 0 Å². The van der Waals surface area contributed by atoms with E-state index in [1.807, 2.05) is 24.3 Å². The summed E-state index contributed by atoms with van der Waals surface area (Å²) < 4.78 is 5.41. The van der Waals surface area contributed by atoms with Crippen LogP contribution in [0.15, 0.2) is 53.3 Å². The van der Waals surface area contributed by atoms with E-state index in [9.17, 15) is 0 Å². The van der Waals surface area contributed by atoms with Crippen LogP contribution in [0.3, 0.4) is 0 Å². The largest absolute Gasteiger partial charge is 0.334 e. The monoisotopic (exact) mass is 364 g/mol. The first-order valence-electron chi connectivity index (χ1n) is 7.48. The molecule has 1 atom stereocenters. The van der Waals surface area contributed by atoms with Crippen LogP contribution in [0.5, 0.6) is 0 Å². The predicted molar refractivity (Wildman–Crippen MR) is 97.4 cm³/mol. The van der Waals surface area contributed by atoms with E-state index in [-0.39, 0.29) is 24.8 Å². The second-order valence-electron chi connectivity index (χ2n) is 5.44. The third kappa shape index (κ3) is 3.75. The molecule has 2 aromatic heterocycles. The molecule has 1 saturated heterocycles. The summed E-state index contributed by atoms with van der Waals surface area (Å²) in [4.78, 5) is 8.56. The standard InChI is InChI=1S/C17H16N4O.2ClH/c1-4-12(15-7-3-9-19-15)10-13(5-1)17-20-16(21-22-17)14-6-2-8-18-11-14;;/h1-2,4-6,8,10-11,15,19H,3,7,9H2;2*1H/t15-;;/m1../s1. The quantitative estimate of drug-likeness (QED) is 0.758. The summed E-state index contributed by atoms with van der Waals surface area (Å²) in [5.41, 5.74) is 3.08. The fourth-order valence-electron chi connectivity index (χ4n) is 2.81. The number of benzene rings is 1. The van der Waals surface area contributed by atoms with E-state index in [1.165, 1.54) is 18.4 Å². The smallest absolute Gasteiger partial charge is 0.258 e. The molecule has 4 rings (SSSR count). The fourth-order valence-corrected chi connectivity index (χ4v) is 2.81. The van der Waals surface area contributed by atoms with Crippen molar-refractivity contribution in [2.45, 2.75) is 18.9 Å². The molecule has 3 heterocycles. The van der Waals surface area contributed by atoms with Crippen molar-refractivity contribution >= 4 is 24.8 Å². The number of nitrogens with zero attached hydrogens (tertiary/aromatic N) is 3. The lowest BCUT2D eigenvalue weighted by Crippen LogP contribution is -2.12. The molecule has 0 unspecified atom stereocenters. The number of pyridine rings is 1. The highest BCUT2D eigenvalue weighted by molar-refractivity contribution is 5.85. The van der Waals surface area contributed by atoms with Crippen molar-refractivity contribution in [2.24, 2.45) is 0 Å². The van der Waals surface area contributed by atoms with Crippen LogP contribution in [0.4, 0.5) is 0 Å². The average Bonchev–Trinajstić information content (AvgIpc) is 3.28. The molecule has 0 aliphatic carbocycles. The summed E-state index contributed by atoms with van der Waals surface area (Å²) in [6.07, 6.45) is 5.85. The SMILES string of the molecule is Cl.Cl.c1cncc(-c2noc(-c3cccc([C@H]4CCCN4)c3)n2)c1. The minimum absolute atomic E-state index is 0. The lowest BCUT2D eigenvalue weighted by Gasteiger charge is -2.10. The highest BCUT2D eigenvalue weighted by Gasteiger charge is 2.17. The molecule has 126 valence electrons. The van der Waals surface area contributed by atoms with Gasteiger partial charge < -0.3 is 9.84 Å². The van der Waals surface area contributed by atoms with Crippen LogP contribution in [0, 0.1) is 0 Å². The van der Waals surface area contributed by atoms with E-state index in [1.54, 1.807) is 12.4 Å². The number of halogens is 2. The van der Waals surface area contributed by atoms with Crippen molar-refractivity contribution in [3.8, 4) is 22.8 Å². The predicted octanol–water partition coefficient (Wildman–Crippen LogP) is 4.07. The van der Waals surface area contributed by atoms with E-state index in [0.717, 1.165) is 17.7 Å². The van der Waals surface area contributed by atoms with Crippen molar-refractivity contribution in [1.29, 1.82) is 0 Å². The highest BCUT2D eigenvalue weighted by atomic mass is 35.5. The third-order valence-electron chi connectivity index (χ3n) is 3.94. The Morgan fingerprint density at radius 2 is 1.96 bits per heavy atom. The fraction of sp³-hybridized carbons (Fsp3) is 0.235. The lowest BCUT2D eigenvalue weighted by molar-refractivity contribution is 0.432. The van der Waals surface area contributed by atoms with Gasteiger partial charge in [-0.15, -0.1) is 24.8 Å². The summed E-state index contributed by atoms with van der Waals surface area (Å²) in [6, 6.07) is 12.5. The van der Waals surface area contributed by atoms with Gasteiger partial charge in [0.05, 0.1) is 0 Å². The maximum absolute atomic E-state index is 5.41. The van der Waals surface area contributed by atoms with Crippen LogP contribution in [0.1, 0.15) is 24.4 Å². The first kappa shape index (κ1) is 18.4. The van der Waals surface area contributed by atoms with Crippen LogP contribution in [0.25, 0.3) is 22.8 Å². The van der Waals surface area contributed by atoms with Gasteiger partial charge in [0.1, 0.15) is 0 Å². The van der Waals surface area contributed by atoms with Crippen LogP contribution < -0.4 is 5.32 Å². The van der Waals surface area contributed by atoms with E-state index in [4.69, 9.17) is 4.52 Å². The summed E-state index contributed by atoms with van der Waals surface area (Å²) in [5, 5.41) is 7.56. The highest BCUT2D eigenvalue weighted by Crippen LogP contribution is 2.27. The van der Waals surface area contributed by atoms with Gasteiger partial charge in [0.15, 0.2) is 0 Å². The van der Waals surface area contributed by atoms with Crippen molar-refractivity contribution in [3.63, 3.8) is 0 Å². The Hall–Kier alpha value is -1.95. The zero-order valence-electron chi connectivity index (χ0n) is 12.9. The number of nitrogens with one attached hydrogen (secondary N) is 1. The van der Waals surface area contributed by atoms with Gasteiger partial charge >= 0.3 is 0 Å². The molecular weight excluding hydrogens is 347 g/mol. The van der Waals surface area contributed by atoms with Crippen molar-refractivity contribution in [2.75, 3.05) is 6.54 Å². The Kier molecular flexibility index (Phi) is 6.31. The molecule has 5 nitrogen and oxygen atoms in total. The number of hydrogen-bond donors (Lipinski definition) is 1. The summed E-state index contributed by atoms with van der Waals surface area (Å²) in [7, 11) is 0. The second-order valence-corrected chi connectivity index (χ2v) is 5.44. The molecule has 1 aromatic carbocycles. The number of hydrogen-bond acceptors (Lipinski definition) is 5. The molecule has 24 heavy (non-hydrogen) atoms. The molecule has 1 N–H and O–H groups in total. The van der Waals surface area contributed by atoms with Gasteiger partial charge in [0.25, 0.3) is 5.89 Å². The van der Waals surface area contributed by atoms with Gasteiger partial charge in [-0.25, -0.2) is 0 Å². The summed E-state index contributed by atoms with van der Waals surface area (Å²) in [6.45, 7) is 1.08. The van der Waals surface area contributed by atoms with E-state index in [2.05, 4.69) is 32.6 Å². The Bertz CT molecular complexity index is 773. The van der Waals surface area contributed by atoms with Crippen molar-refractivity contribution in [1.82, 2.24) is 20.4 Å². The Labute approximate surface area is 152 Å². The van der Waals surface area contributed by atoms with Crippen LogP contribution >= 0.6 is 24.8 Å². The molecule has 0 saturated carbocycles. The molecule has 0 spiro atoms. The number of rotatable bonds is 3. The van der Waals surface area contributed by atoms with E-state index in [0.29, 0.717) is 17.8 Å². The zero-order valence-corrected chi connectivity index (χ0v) is 14.5. The van der Waals surface area contributed by atoms with E-state index >= 15 is 0 Å². The third-order valence-corrected chi connectivity index (χ3v) is 3.94. The molecule has 0 amide bonds. The first-order valence-corrected chi connectivity index (χ1v) is 7.48. The van der Waals surface area contributed by atoms with Gasteiger partial charge in [-0.05, 0) is 49.2 Å². The van der Waals surface area contributed by atoms with Crippen molar-refractivity contribution in [3.05, 3.63) is 54.4 Å². The van der Waals surface area contributed by atoms with Gasteiger partial charge in [0.2, 0.25) is 5.82 Å². The minimum Gasteiger partial charge on any atom is -0.334 e. The van der Waals surface area contributed by atoms with Gasteiger partial charge in [0, 0.05) is 29.6 Å². The van der Waals surface area contributed by atoms with Gasteiger partial charge in [-0.3, -0.25) is 4.98 Å². The Morgan fingerprint density at radius 1 is 1.08 bits per heavy atom. The van der Waals surface area contributed by atoms with Gasteiger partial charge in [-0.1, -0.05) is 17.3 Å². The Morgan fingerprint density at radius 3 is 2.71 bits per heavy atom. The minimum atomic E-state index is 0. The molecular formula is C17H18Cl2N4O.